The predicted molar refractivity (Wildman–Crippen MR) is 60.1 cm³/mol. The quantitative estimate of drug-likeness (QED) is 0.638. The van der Waals surface area contributed by atoms with Crippen LogP contribution in [0.15, 0.2) is 24.3 Å². The summed E-state index contributed by atoms with van der Waals surface area (Å²) in [5, 5.41) is 0. The summed E-state index contributed by atoms with van der Waals surface area (Å²) in [7, 11) is 0. The highest BCUT2D eigenvalue weighted by Crippen LogP contribution is 2.49. The van der Waals surface area contributed by atoms with Gasteiger partial charge < -0.3 is 4.74 Å². The van der Waals surface area contributed by atoms with Crippen molar-refractivity contribution in [1.82, 2.24) is 4.90 Å². The molecule has 0 aliphatic carbocycles. The molecule has 1 aromatic rings. The Morgan fingerprint density at radius 1 is 1.12 bits per heavy atom. The van der Waals surface area contributed by atoms with Gasteiger partial charge >= 0.3 is 5.97 Å². The average Bonchev–Trinajstić information content (AvgIpc) is 2.59. The fraction of sp³-hybridized carbons (Fsp3) is 0.385. The molecule has 3 rings (SSSR count). The summed E-state index contributed by atoms with van der Waals surface area (Å²) < 4.78 is 5.45. The number of amides is 1. The number of fused-ring (bicyclic) bond motifs is 3. The van der Waals surface area contributed by atoms with Gasteiger partial charge in [0.15, 0.2) is 0 Å². The third-order valence-corrected chi connectivity index (χ3v) is 3.64. The molecule has 4 heteroatoms. The van der Waals surface area contributed by atoms with Crippen molar-refractivity contribution in [3.8, 4) is 0 Å². The first kappa shape index (κ1) is 10.3. The van der Waals surface area contributed by atoms with E-state index in [9.17, 15) is 9.59 Å². The lowest BCUT2D eigenvalue weighted by molar-refractivity contribution is -0.151. The fourth-order valence-corrected chi connectivity index (χ4v) is 2.79. The van der Waals surface area contributed by atoms with Gasteiger partial charge in [-0.2, -0.15) is 0 Å². The molecule has 0 aromatic heterocycles. The molecule has 4 nitrogen and oxygen atoms in total. The monoisotopic (exact) mass is 231 g/mol. The van der Waals surface area contributed by atoms with Crippen LogP contribution in [-0.2, 0) is 15.3 Å². The van der Waals surface area contributed by atoms with Gasteiger partial charge in [0.1, 0.15) is 5.54 Å². The second kappa shape index (κ2) is 2.70. The van der Waals surface area contributed by atoms with E-state index < -0.39 is 11.3 Å². The highest BCUT2D eigenvalue weighted by atomic mass is 16.6. The van der Waals surface area contributed by atoms with Crippen molar-refractivity contribution in [3.05, 3.63) is 35.4 Å². The lowest BCUT2D eigenvalue weighted by atomic mass is 10.0. The number of hydrogen-bond acceptors (Lipinski definition) is 3. The first-order valence-corrected chi connectivity index (χ1v) is 5.56. The zero-order valence-corrected chi connectivity index (χ0v) is 9.98. The number of carbonyl (C=O) groups excluding carboxylic acids is 2. The highest BCUT2D eigenvalue weighted by molar-refractivity contribution is 6.04. The van der Waals surface area contributed by atoms with Crippen LogP contribution in [0.25, 0.3) is 0 Å². The molecule has 0 N–H and O–H groups in total. The van der Waals surface area contributed by atoms with Gasteiger partial charge in [-0.1, -0.05) is 18.2 Å². The van der Waals surface area contributed by atoms with Gasteiger partial charge in [0.25, 0.3) is 5.91 Å². The molecule has 2 aliphatic heterocycles. The predicted octanol–water partition coefficient (Wildman–Crippen LogP) is 1.65. The molecule has 17 heavy (non-hydrogen) atoms. The molecule has 2 heterocycles. The number of benzene rings is 1. The van der Waals surface area contributed by atoms with Crippen LogP contribution in [0, 0.1) is 0 Å². The van der Waals surface area contributed by atoms with Gasteiger partial charge in [0, 0.05) is 11.1 Å². The van der Waals surface area contributed by atoms with Crippen molar-refractivity contribution in [2.45, 2.75) is 32.0 Å². The molecule has 0 saturated carbocycles. The molecule has 0 spiro atoms. The first-order chi connectivity index (χ1) is 7.89. The molecule has 1 unspecified atom stereocenters. The minimum atomic E-state index is -0.950. The van der Waals surface area contributed by atoms with Gasteiger partial charge in [-0.3, -0.25) is 9.69 Å². The molecule has 0 radical (unpaired) electrons. The molecule has 1 saturated heterocycles. The van der Waals surface area contributed by atoms with E-state index in [2.05, 4.69) is 0 Å². The van der Waals surface area contributed by atoms with Crippen molar-refractivity contribution < 1.29 is 14.3 Å². The van der Waals surface area contributed by atoms with E-state index in [1.54, 1.807) is 26.8 Å². The molecule has 88 valence electrons. The van der Waals surface area contributed by atoms with Crippen molar-refractivity contribution >= 4 is 11.9 Å². The number of hydrogen-bond donors (Lipinski definition) is 0. The number of esters is 1. The molecule has 0 bridgehead atoms. The van der Waals surface area contributed by atoms with E-state index in [1.807, 2.05) is 18.2 Å². The van der Waals surface area contributed by atoms with E-state index in [1.165, 1.54) is 4.90 Å². The lowest BCUT2D eigenvalue weighted by Gasteiger charge is -2.31. The van der Waals surface area contributed by atoms with Gasteiger partial charge in [-0.15, -0.1) is 0 Å². The smallest absolute Gasteiger partial charge is 0.334 e. The van der Waals surface area contributed by atoms with Crippen molar-refractivity contribution in [2.75, 3.05) is 0 Å². The SMILES string of the molecule is CC1(C)C(=O)OC2(C)c3ccccc3C(=O)N12. The fourth-order valence-electron chi connectivity index (χ4n) is 2.79. The van der Waals surface area contributed by atoms with Gasteiger partial charge in [-0.05, 0) is 26.8 Å². The second-order valence-corrected chi connectivity index (χ2v) is 5.12. The standard InChI is InChI=1S/C13H13NO3/c1-12(2)11(16)17-13(3)9-7-5-4-6-8(9)10(15)14(12)13/h4-7H,1-3H3. The molecule has 1 fully saturated rings. The van der Waals surface area contributed by atoms with Crippen LogP contribution in [0.3, 0.4) is 0 Å². The summed E-state index contributed by atoms with van der Waals surface area (Å²) in [6, 6.07) is 7.27. The van der Waals surface area contributed by atoms with Crippen LogP contribution < -0.4 is 0 Å². The topological polar surface area (TPSA) is 46.6 Å². The van der Waals surface area contributed by atoms with Gasteiger partial charge in [0.2, 0.25) is 5.72 Å². The van der Waals surface area contributed by atoms with Crippen LogP contribution in [-0.4, -0.2) is 22.3 Å². The average molecular weight is 231 g/mol. The lowest BCUT2D eigenvalue weighted by Crippen LogP contribution is -2.49. The Labute approximate surface area is 99.2 Å². The summed E-state index contributed by atoms with van der Waals surface area (Å²) >= 11 is 0. The Morgan fingerprint density at radius 3 is 2.47 bits per heavy atom. The maximum Gasteiger partial charge on any atom is 0.334 e. The highest BCUT2D eigenvalue weighted by Gasteiger charge is 2.63. The first-order valence-electron chi connectivity index (χ1n) is 5.56. The Hall–Kier alpha value is -1.84. The van der Waals surface area contributed by atoms with Crippen molar-refractivity contribution in [1.29, 1.82) is 0 Å². The zero-order chi connectivity index (χ0) is 12.4. The van der Waals surface area contributed by atoms with E-state index in [0.717, 1.165) is 5.56 Å². The largest absolute Gasteiger partial charge is 0.433 e. The Bertz CT molecular complexity index is 549. The second-order valence-electron chi connectivity index (χ2n) is 5.12. The van der Waals surface area contributed by atoms with E-state index in [0.29, 0.717) is 5.56 Å². The van der Waals surface area contributed by atoms with E-state index >= 15 is 0 Å². The normalized spacial score (nSPS) is 29.0. The number of rotatable bonds is 0. The number of ether oxygens (including phenoxy) is 1. The van der Waals surface area contributed by atoms with Crippen LogP contribution in [0.5, 0.6) is 0 Å². The zero-order valence-electron chi connectivity index (χ0n) is 9.98. The van der Waals surface area contributed by atoms with Gasteiger partial charge in [0.05, 0.1) is 0 Å². The minimum Gasteiger partial charge on any atom is -0.433 e. The molecule has 2 aliphatic rings. The third-order valence-electron chi connectivity index (χ3n) is 3.64. The molecule has 1 atom stereocenters. The molecular formula is C13H13NO3. The Kier molecular flexibility index (Phi) is 1.64. The minimum absolute atomic E-state index is 0.140. The summed E-state index contributed by atoms with van der Waals surface area (Å²) in [5.41, 5.74) is -0.474. The molecule has 1 aromatic carbocycles. The number of carbonyl (C=O) groups is 2. The maximum absolute atomic E-state index is 12.3. The van der Waals surface area contributed by atoms with E-state index in [-0.39, 0.29) is 11.9 Å². The van der Waals surface area contributed by atoms with Crippen LogP contribution in [0.4, 0.5) is 0 Å². The van der Waals surface area contributed by atoms with Crippen LogP contribution >= 0.6 is 0 Å². The van der Waals surface area contributed by atoms with E-state index in [4.69, 9.17) is 4.74 Å². The van der Waals surface area contributed by atoms with Crippen molar-refractivity contribution in [2.24, 2.45) is 0 Å². The van der Waals surface area contributed by atoms with Gasteiger partial charge in [-0.25, -0.2) is 4.79 Å². The van der Waals surface area contributed by atoms with Crippen LogP contribution in [0.2, 0.25) is 0 Å². The van der Waals surface area contributed by atoms with Crippen molar-refractivity contribution in [3.63, 3.8) is 0 Å². The molecular weight excluding hydrogens is 218 g/mol. The Morgan fingerprint density at radius 2 is 1.76 bits per heavy atom. The maximum atomic E-state index is 12.3. The number of nitrogens with zero attached hydrogens (tertiary/aromatic N) is 1. The summed E-state index contributed by atoms with van der Waals surface area (Å²) in [6.07, 6.45) is 0. The molecule has 1 amide bonds. The summed E-state index contributed by atoms with van der Waals surface area (Å²) in [6.45, 7) is 5.19. The summed E-state index contributed by atoms with van der Waals surface area (Å²) in [5.74, 6) is -0.498. The summed E-state index contributed by atoms with van der Waals surface area (Å²) in [4.78, 5) is 25.7. The van der Waals surface area contributed by atoms with Crippen LogP contribution in [0.1, 0.15) is 36.7 Å². The Balaban J connectivity index is 2.28. The third kappa shape index (κ3) is 0.983.